The van der Waals surface area contributed by atoms with Crippen LogP contribution in [0.15, 0.2) is 12.1 Å². The van der Waals surface area contributed by atoms with E-state index >= 15 is 0 Å². The molecule has 0 radical (unpaired) electrons. The monoisotopic (exact) mass is 266 g/mol. The van der Waals surface area contributed by atoms with Gasteiger partial charge in [0.2, 0.25) is 0 Å². The summed E-state index contributed by atoms with van der Waals surface area (Å²) in [7, 11) is 1.79. The van der Waals surface area contributed by atoms with Gasteiger partial charge >= 0.3 is 5.97 Å². The van der Waals surface area contributed by atoms with Gasteiger partial charge in [0.05, 0.1) is 11.2 Å². The molecule has 0 aromatic carbocycles. The molecule has 0 saturated carbocycles. The van der Waals surface area contributed by atoms with E-state index in [9.17, 15) is 9.90 Å². The standard InChI is InChI=1S/C14H22N2O3/c1-9(2)11-6-10(13(17)18)7-12(15-11)16(5)8-14(3,4)19/h6-7,9,19H,8H2,1-5H3,(H,17,18). The summed E-state index contributed by atoms with van der Waals surface area (Å²) in [6.45, 7) is 7.71. The summed E-state index contributed by atoms with van der Waals surface area (Å²) in [5.41, 5.74) is 0.0852. The third-order valence-corrected chi connectivity index (χ3v) is 2.69. The minimum Gasteiger partial charge on any atom is -0.478 e. The number of rotatable bonds is 5. The lowest BCUT2D eigenvalue weighted by Crippen LogP contribution is -2.36. The second kappa shape index (κ2) is 5.57. The molecule has 0 aliphatic heterocycles. The van der Waals surface area contributed by atoms with Crippen molar-refractivity contribution in [3.05, 3.63) is 23.4 Å². The van der Waals surface area contributed by atoms with Crippen LogP contribution >= 0.6 is 0 Å². The van der Waals surface area contributed by atoms with Crippen LogP contribution in [0.4, 0.5) is 5.82 Å². The zero-order valence-electron chi connectivity index (χ0n) is 12.1. The Morgan fingerprint density at radius 2 is 2.00 bits per heavy atom. The first-order valence-electron chi connectivity index (χ1n) is 6.29. The maximum absolute atomic E-state index is 11.1. The van der Waals surface area contributed by atoms with E-state index in [0.29, 0.717) is 12.4 Å². The van der Waals surface area contributed by atoms with Crippen molar-refractivity contribution in [2.75, 3.05) is 18.5 Å². The number of nitrogens with zero attached hydrogens (tertiary/aromatic N) is 2. The van der Waals surface area contributed by atoms with E-state index in [1.54, 1.807) is 31.9 Å². The van der Waals surface area contributed by atoms with E-state index in [-0.39, 0.29) is 11.5 Å². The van der Waals surface area contributed by atoms with Gasteiger partial charge in [0.15, 0.2) is 0 Å². The zero-order chi connectivity index (χ0) is 14.8. The first kappa shape index (κ1) is 15.4. The molecule has 2 N–H and O–H groups in total. The summed E-state index contributed by atoms with van der Waals surface area (Å²) in [5.74, 6) is -0.262. The predicted octanol–water partition coefficient (Wildman–Crippen LogP) is 2.11. The number of carboxylic acids is 1. The largest absolute Gasteiger partial charge is 0.478 e. The second-order valence-electron chi connectivity index (χ2n) is 5.77. The van der Waals surface area contributed by atoms with E-state index in [1.165, 1.54) is 6.07 Å². The SMILES string of the molecule is CC(C)c1cc(C(=O)O)cc(N(C)CC(C)(C)O)n1. The van der Waals surface area contributed by atoms with Crippen molar-refractivity contribution >= 4 is 11.8 Å². The van der Waals surface area contributed by atoms with Gasteiger partial charge < -0.3 is 15.1 Å². The Labute approximate surface area is 113 Å². The van der Waals surface area contributed by atoms with Gasteiger partial charge in [0.25, 0.3) is 0 Å². The van der Waals surface area contributed by atoms with Crippen molar-refractivity contribution in [3.63, 3.8) is 0 Å². The van der Waals surface area contributed by atoms with E-state index in [1.807, 2.05) is 13.8 Å². The molecule has 0 aliphatic carbocycles. The topological polar surface area (TPSA) is 73.7 Å². The molecule has 19 heavy (non-hydrogen) atoms. The molecule has 0 amide bonds. The summed E-state index contributed by atoms with van der Waals surface area (Å²) >= 11 is 0. The molecule has 0 spiro atoms. The smallest absolute Gasteiger partial charge is 0.335 e. The highest BCUT2D eigenvalue weighted by Crippen LogP contribution is 2.21. The van der Waals surface area contributed by atoms with Crippen LogP contribution in [0.3, 0.4) is 0 Å². The number of hydrogen-bond acceptors (Lipinski definition) is 4. The molecule has 1 aromatic rings. The fourth-order valence-corrected chi connectivity index (χ4v) is 1.81. The van der Waals surface area contributed by atoms with Crippen molar-refractivity contribution in [2.45, 2.75) is 39.2 Å². The molecule has 1 rings (SSSR count). The second-order valence-corrected chi connectivity index (χ2v) is 5.77. The molecule has 1 aromatic heterocycles. The van der Waals surface area contributed by atoms with Gasteiger partial charge in [-0.25, -0.2) is 9.78 Å². The highest BCUT2D eigenvalue weighted by Gasteiger charge is 2.19. The lowest BCUT2D eigenvalue weighted by molar-refractivity contribution is 0.0696. The molecular weight excluding hydrogens is 244 g/mol. The number of aromatic carboxylic acids is 1. The summed E-state index contributed by atoms with van der Waals surface area (Å²) in [6.07, 6.45) is 0. The Balaban J connectivity index is 3.16. The van der Waals surface area contributed by atoms with Gasteiger partial charge in [-0.3, -0.25) is 0 Å². The maximum atomic E-state index is 11.1. The number of carbonyl (C=O) groups is 1. The van der Waals surface area contributed by atoms with Gasteiger partial charge in [0.1, 0.15) is 5.82 Å². The molecule has 106 valence electrons. The molecular formula is C14H22N2O3. The Morgan fingerprint density at radius 3 is 2.42 bits per heavy atom. The summed E-state index contributed by atoms with van der Waals surface area (Å²) in [5, 5.41) is 19.0. The van der Waals surface area contributed by atoms with Gasteiger partial charge in [0, 0.05) is 19.3 Å². The number of pyridine rings is 1. The van der Waals surface area contributed by atoms with Crippen LogP contribution in [0, 0.1) is 0 Å². The Kier molecular flexibility index (Phi) is 4.52. The van der Waals surface area contributed by atoms with Crippen LogP contribution < -0.4 is 4.90 Å². The van der Waals surface area contributed by atoms with E-state index in [0.717, 1.165) is 5.69 Å². The molecule has 0 saturated heterocycles. The number of aromatic nitrogens is 1. The van der Waals surface area contributed by atoms with E-state index < -0.39 is 11.6 Å². The van der Waals surface area contributed by atoms with Crippen molar-refractivity contribution in [3.8, 4) is 0 Å². The fraction of sp³-hybridized carbons (Fsp3) is 0.571. The molecule has 5 nitrogen and oxygen atoms in total. The van der Waals surface area contributed by atoms with Gasteiger partial charge in [-0.05, 0) is 31.9 Å². The van der Waals surface area contributed by atoms with E-state index in [4.69, 9.17) is 5.11 Å². The third-order valence-electron chi connectivity index (χ3n) is 2.69. The summed E-state index contributed by atoms with van der Waals surface area (Å²) in [6, 6.07) is 3.12. The van der Waals surface area contributed by atoms with Crippen LogP contribution in [0.2, 0.25) is 0 Å². The average molecular weight is 266 g/mol. The summed E-state index contributed by atoms with van der Waals surface area (Å²) in [4.78, 5) is 17.4. The number of likely N-dealkylation sites (N-methyl/N-ethyl adjacent to an activating group) is 1. The van der Waals surface area contributed by atoms with E-state index in [2.05, 4.69) is 4.98 Å². The predicted molar refractivity (Wildman–Crippen MR) is 74.9 cm³/mol. The van der Waals surface area contributed by atoms with Crippen LogP contribution in [-0.2, 0) is 0 Å². The Bertz CT molecular complexity index is 464. The molecule has 0 atom stereocenters. The maximum Gasteiger partial charge on any atom is 0.335 e. The lowest BCUT2D eigenvalue weighted by Gasteiger charge is -2.27. The molecule has 5 heteroatoms. The van der Waals surface area contributed by atoms with Gasteiger partial charge in [-0.1, -0.05) is 13.8 Å². The van der Waals surface area contributed by atoms with Crippen LogP contribution in [-0.4, -0.2) is 40.4 Å². The fourth-order valence-electron chi connectivity index (χ4n) is 1.81. The molecule has 0 bridgehead atoms. The lowest BCUT2D eigenvalue weighted by atomic mass is 10.1. The van der Waals surface area contributed by atoms with Crippen molar-refractivity contribution in [1.29, 1.82) is 0 Å². The number of anilines is 1. The van der Waals surface area contributed by atoms with Gasteiger partial charge in [-0.2, -0.15) is 0 Å². The van der Waals surface area contributed by atoms with Crippen molar-refractivity contribution in [1.82, 2.24) is 4.98 Å². The summed E-state index contributed by atoms with van der Waals surface area (Å²) < 4.78 is 0. The molecule has 0 unspecified atom stereocenters. The number of aliphatic hydroxyl groups is 1. The first-order chi connectivity index (χ1) is 8.60. The van der Waals surface area contributed by atoms with Crippen molar-refractivity contribution < 1.29 is 15.0 Å². The van der Waals surface area contributed by atoms with Crippen LogP contribution in [0.5, 0.6) is 0 Å². The highest BCUT2D eigenvalue weighted by atomic mass is 16.4. The quantitative estimate of drug-likeness (QED) is 0.854. The van der Waals surface area contributed by atoms with Crippen LogP contribution in [0.1, 0.15) is 49.7 Å². The third kappa shape index (κ3) is 4.52. The van der Waals surface area contributed by atoms with Gasteiger partial charge in [-0.15, -0.1) is 0 Å². The zero-order valence-corrected chi connectivity index (χ0v) is 12.1. The minimum atomic E-state index is -0.970. The first-order valence-corrected chi connectivity index (χ1v) is 6.29. The number of carboxylic acid groups (broad SMARTS) is 1. The normalized spacial score (nSPS) is 11.7. The average Bonchev–Trinajstić information content (AvgIpc) is 2.25. The van der Waals surface area contributed by atoms with Crippen LogP contribution in [0.25, 0.3) is 0 Å². The Morgan fingerprint density at radius 1 is 1.42 bits per heavy atom. The van der Waals surface area contributed by atoms with Crippen molar-refractivity contribution in [2.24, 2.45) is 0 Å². The minimum absolute atomic E-state index is 0.147. The molecule has 1 heterocycles. The Hall–Kier alpha value is -1.62. The molecule has 0 aliphatic rings. The number of hydrogen-bond donors (Lipinski definition) is 2. The molecule has 0 fully saturated rings. The highest BCUT2D eigenvalue weighted by molar-refractivity contribution is 5.88.